The Hall–Kier alpha value is -5.93. The number of nitrogens with one attached hydrogen (secondary N) is 2. The number of hydrogen-bond acceptors (Lipinski definition) is 12. The third-order valence-electron chi connectivity index (χ3n) is 8.47. The fraction of sp³-hybridized carbons (Fsp3) is 0.229. The summed E-state index contributed by atoms with van der Waals surface area (Å²) in [5, 5.41) is 8.47. The highest BCUT2D eigenvalue weighted by Crippen LogP contribution is 2.34. The molecule has 0 atom stereocenters. The fourth-order valence-electron chi connectivity index (χ4n) is 5.76. The minimum atomic E-state index is -0.537. The number of ether oxygens (including phenoxy) is 2. The molecule has 3 aromatic carbocycles. The summed E-state index contributed by atoms with van der Waals surface area (Å²) in [5.41, 5.74) is 4.35. The summed E-state index contributed by atoms with van der Waals surface area (Å²) in [6.07, 6.45) is 3.73. The number of para-hydroxylation sites is 1. The zero-order valence-corrected chi connectivity index (χ0v) is 29.9. The Morgan fingerprint density at radius 3 is 2.40 bits per heavy atom. The molecule has 52 heavy (non-hydrogen) atoms. The number of hydrogen-bond donors (Lipinski definition) is 2. The van der Waals surface area contributed by atoms with Gasteiger partial charge in [-0.15, -0.1) is 0 Å². The molecule has 0 saturated carbocycles. The van der Waals surface area contributed by atoms with E-state index < -0.39 is 11.2 Å². The first kappa shape index (κ1) is 34.5. The molecule has 0 unspecified atom stereocenters. The van der Waals surface area contributed by atoms with Gasteiger partial charge in [-0.25, -0.2) is 10.2 Å². The molecular weight excluding hydrogens is 709 g/mol. The van der Waals surface area contributed by atoms with Crippen molar-refractivity contribution in [3.8, 4) is 17.5 Å². The van der Waals surface area contributed by atoms with Crippen molar-refractivity contribution < 1.29 is 9.47 Å². The maximum atomic E-state index is 13.4. The topological polar surface area (TPSA) is 159 Å². The molecule has 1 aliphatic heterocycles. The van der Waals surface area contributed by atoms with E-state index in [0.29, 0.717) is 44.6 Å². The van der Waals surface area contributed by atoms with Gasteiger partial charge in [0.2, 0.25) is 17.8 Å². The van der Waals surface area contributed by atoms with E-state index in [-0.39, 0.29) is 29.7 Å². The van der Waals surface area contributed by atoms with Crippen LogP contribution in [0.3, 0.4) is 0 Å². The van der Waals surface area contributed by atoms with Crippen molar-refractivity contribution in [3.63, 3.8) is 0 Å². The molecule has 1 fully saturated rings. The molecular formula is C35H33Cl2N11O4. The van der Waals surface area contributed by atoms with Gasteiger partial charge in [0.05, 0.1) is 19.9 Å². The van der Waals surface area contributed by atoms with Gasteiger partial charge in [0.15, 0.2) is 22.7 Å². The zero-order chi connectivity index (χ0) is 36.4. The molecule has 17 heteroatoms. The molecule has 2 N–H and O–H groups in total. The SMILES string of the molecule is COc1cc(C=NNc2nc(Nc3ccccc3)nc(N3CCCC3)n2)ccc1Oc1nc2c(c(=O)n(C)c(=O)n2C)n1Cc1ccc(Cl)cc1Cl. The lowest BCUT2D eigenvalue weighted by molar-refractivity contribution is 0.361. The van der Waals surface area contributed by atoms with Crippen LogP contribution in [0.4, 0.5) is 23.5 Å². The van der Waals surface area contributed by atoms with E-state index in [0.717, 1.165) is 36.2 Å². The van der Waals surface area contributed by atoms with Gasteiger partial charge in [-0.2, -0.15) is 25.0 Å². The van der Waals surface area contributed by atoms with Crippen LogP contribution in [-0.2, 0) is 20.6 Å². The third kappa shape index (κ3) is 7.13. The summed E-state index contributed by atoms with van der Waals surface area (Å²) in [5.74, 6) is 1.90. The van der Waals surface area contributed by atoms with Gasteiger partial charge in [-0.1, -0.05) is 47.5 Å². The van der Waals surface area contributed by atoms with E-state index in [2.05, 4.69) is 40.7 Å². The number of benzene rings is 3. The van der Waals surface area contributed by atoms with Crippen molar-refractivity contribution in [2.75, 3.05) is 35.8 Å². The highest BCUT2D eigenvalue weighted by Gasteiger charge is 2.23. The number of imidazole rings is 1. The molecule has 3 aromatic heterocycles. The molecule has 6 aromatic rings. The Morgan fingerprint density at radius 1 is 0.885 bits per heavy atom. The number of aromatic nitrogens is 7. The number of methoxy groups -OCH3 is 1. The summed E-state index contributed by atoms with van der Waals surface area (Å²) in [4.78, 5) is 46.6. The maximum absolute atomic E-state index is 13.4. The van der Waals surface area contributed by atoms with Crippen molar-refractivity contribution in [2.24, 2.45) is 19.2 Å². The average molecular weight is 743 g/mol. The van der Waals surface area contributed by atoms with Gasteiger partial charge in [-0.05, 0) is 66.4 Å². The Bertz CT molecular complexity index is 2420. The van der Waals surface area contributed by atoms with E-state index in [1.165, 1.54) is 25.8 Å². The molecule has 4 heterocycles. The van der Waals surface area contributed by atoms with E-state index in [1.54, 1.807) is 47.2 Å². The van der Waals surface area contributed by atoms with E-state index >= 15 is 0 Å². The summed E-state index contributed by atoms with van der Waals surface area (Å²) in [6.45, 7) is 1.84. The van der Waals surface area contributed by atoms with Gasteiger partial charge in [0.1, 0.15) is 0 Å². The molecule has 7 rings (SSSR count). The number of anilines is 4. The van der Waals surface area contributed by atoms with Gasteiger partial charge < -0.3 is 19.7 Å². The molecule has 0 spiro atoms. The van der Waals surface area contributed by atoms with Crippen LogP contribution >= 0.6 is 23.2 Å². The Balaban J connectivity index is 1.17. The smallest absolute Gasteiger partial charge is 0.332 e. The predicted molar refractivity (Wildman–Crippen MR) is 201 cm³/mol. The second kappa shape index (κ2) is 14.7. The van der Waals surface area contributed by atoms with Gasteiger partial charge in [0, 0.05) is 42.9 Å². The highest BCUT2D eigenvalue weighted by atomic mass is 35.5. The summed E-state index contributed by atoms with van der Waals surface area (Å²) in [7, 11) is 4.44. The molecule has 0 aliphatic carbocycles. The quantitative estimate of drug-likeness (QED) is 0.126. The largest absolute Gasteiger partial charge is 0.493 e. The molecule has 1 saturated heterocycles. The highest BCUT2D eigenvalue weighted by molar-refractivity contribution is 6.35. The first-order valence-corrected chi connectivity index (χ1v) is 17.0. The molecule has 0 radical (unpaired) electrons. The number of hydrazone groups is 1. The minimum Gasteiger partial charge on any atom is -0.493 e. The zero-order valence-electron chi connectivity index (χ0n) is 28.4. The summed E-state index contributed by atoms with van der Waals surface area (Å²) >= 11 is 12.6. The molecule has 15 nitrogen and oxygen atoms in total. The number of halogens is 2. The Morgan fingerprint density at radius 2 is 1.65 bits per heavy atom. The number of aryl methyl sites for hydroxylation is 1. The lowest BCUT2D eigenvalue weighted by Gasteiger charge is -2.16. The van der Waals surface area contributed by atoms with Crippen LogP contribution in [0.2, 0.25) is 10.0 Å². The fourth-order valence-corrected chi connectivity index (χ4v) is 6.23. The third-order valence-corrected chi connectivity index (χ3v) is 9.05. The molecule has 266 valence electrons. The molecule has 0 amide bonds. The van der Waals surface area contributed by atoms with E-state index in [4.69, 9.17) is 32.7 Å². The van der Waals surface area contributed by atoms with Crippen molar-refractivity contribution in [1.82, 2.24) is 33.6 Å². The monoisotopic (exact) mass is 741 g/mol. The van der Waals surface area contributed by atoms with Crippen LogP contribution in [0.25, 0.3) is 11.2 Å². The van der Waals surface area contributed by atoms with E-state index in [1.807, 2.05) is 30.3 Å². The maximum Gasteiger partial charge on any atom is 0.332 e. The molecule has 1 aliphatic rings. The van der Waals surface area contributed by atoms with Crippen LogP contribution in [0.1, 0.15) is 24.0 Å². The summed E-state index contributed by atoms with van der Waals surface area (Å²) < 4.78 is 15.8. The molecule has 0 bridgehead atoms. The van der Waals surface area contributed by atoms with Crippen LogP contribution < -0.4 is 36.4 Å². The van der Waals surface area contributed by atoms with Crippen LogP contribution in [0.15, 0.2) is 81.4 Å². The first-order chi connectivity index (χ1) is 25.2. The van der Waals surface area contributed by atoms with E-state index in [9.17, 15) is 9.59 Å². The van der Waals surface area contributed by atoms with Crippen LogP contribution in [-0.4, -0.2) is 60.1 Å². The predicted octanol–water partition coefficient (Wildman–Crippen LogP) is 5.56. The Labute approximate surface area is 307 Å². The second-order valence-corrected chi connectivity index (χ2v) is 12.8. The second-order valence-electron chi connectivity index (χ2n) is 11.9. The Kier molecular flexibility index (Phi) is 9.78. The van der Waals surface area contributed by atoms with Crippen LogP contribution in [0.5, 0.6) is 17.5 Å². The lowest BCUT2D eigenvalue weighted by Crippen LogP contribution is -2.37. The normalized spacial score (nSPS) is 12.9. The summed E-state index contributed by atoms with van der Waals surface area (Å²) in [6, 6.07) is 19.9. The first-order valence-electron chi connectivity index (χ1n) is 16.3. The van der Waals surface area contributed by atoms with Gasteiger partial charge >= 0.3 is 11.7 Å². The lowest BCUT2D eigenvalue weighted by atomic mass is 10.2. The van der Waals surface area contributed by atoms with Crippen molar-refractivity contribution in [1.29, 1.82) is 0 Å². The van der Waals surface area contributed by atoms with Crippen molar-refractivity contribution in [3.05, 3.63) is 109 Å². The van der Waals surface area contributed by atoms with Crippen LogP contribution in [0, 0.1) is 0 Å². The van der Waals surface area contributed by atoms with Gasteiger partial charge in [0.25, 0.3) is 5.56 Å². The number of nitrogens with zero attached hydrogens (tertiary/aromatic N) is 9. The van der Waals surface area contributed by atoms with Crippen molar-refractivity contribution >= 4 is 64.1 Å². The number of fused-ring (bicyclic) bond motifs is 1. The minimum absolute atomic E-state index is 0.0456. The van der Waals surface area contributed by atoms with Crippen molar-refractivity contribution in [2.45, 2.75) is 19.4 Å². The number of rotatable bonds is 11. The van der Waals surface area contributed by atoms with Gasteiger partial charge in [-0.3, -0.25) is 18.5 Å². The standard InChI is InChI=1S/C35H33Cl2N11O4/c1-45-29-28(30(49)46(2)35(45)50)48(20-22-12-13-23(36)18-25(22)37)34(40-29)52-26-14-11-21(17-27(26)51-3)19-38-44-32-41-31(39-24-9-5-4-6-10-24)42-33(43-32)47-15-7-8-16-47/h4-6,9-14,17-19H,7-8,15-16,20H2,1-3H3,(H2,39,41,42,43,44). The average Bonchev–Trinajstić information content (AvgIpc) is 3.81.